The van der Waals surface area contributed by atoms with Gasteiger partial charge in [-0.05, 0) is 5.56 Å². The van der Waals surface area contributed by atoms with Crippen LogP contribution in [0.15, 0.2) is 60.7 Å². The monoisotopic (exact) mass is 304 g/mol. The van der Waals surface area contributed by atoms with Gasteiger partial charge in [0.15, 0.2) is 5.78 Å². The van der Waals surface area contributed by atoms with Crippen molar-refractivity contribution in [3.8, 4) is 0 Å². The highest BCUT2D eigenvalue weighted by Crippen LogP contribution is 2.23. The molecule has 4 nitrogen and oxygen atoms in total. The molecule has 0 bridgehead atoms. The number of hydrogen-bond acceptors (Lipinski definition) is 3. The van der Waals surface area contributed by atoms with Crippen LogP contribution >= 0.6 is 0 Å². The fourth-order valence-corrected chi connectivity index (χ4v) is 3.04. The van der Waals surface area contributed by atoms with E-state index in [2.05, 4.69) is 0 Å². The maximum Gasteiger partial charge on any atom is 0.265 e. The summed E-state index contributed by atoms with van der Waals surface area (Å²) in [5, 5.41) is 0. The van der Waals surface area contributed by atoms with Crippen molar-refractivity contribution >= 4 is 15.9 Å². The number of hydrogen-bond donors (Lipinski definition) is 1. The fraction of sp³-hybridized carbons (Fsp3) is 0.188. The SMILES string of the molecule is O=C(CC(CS(=O)(=O)O)c1ccccc1)c1ccccc1. The van der Waals surface area contributed by atoms with Crippen molar-refractivity contribution < 1.29 is 17.8 Å². The topological polar surface area (TPSA) is 71.4 Å². The summed E-state index contributed by atoms with van der Waals surface area (Å²) in [5.74, 6) is -1.17. The van der Waals surface area contributed by atoms with Crippen LogP contribution in [0.1, 0.15) is 28.3 Å². The lowest BCUT2D eigenvalue weighted by atomic mass is 9.93. The average Bonchev–Trinajstić information content (AvgIpc) is 2.47. The van der Waals surface area contributed by atoms with Crippen LogP contribution in [-0.4, -0.2) is 24.5 Å². The van der Waals surface area contributed by atoms with E-state index in [0.29, 0.717) is 5.56 Å². The van der Waals surface area contributed by atoms with Gasteiger partial charge in [-0.2, -0.15) is 8.42 Å². The standard InChI is InChI=1S/C16H16O4S/c17-16(14-9-5-2-6-10-14)11-15(12-21(18,19)20)13-7-3-1-4-8-13/h1-10,15H,11-12H2,(H,18,19,20). The minimum absolute atomic E-state index is 0.0355. The molecule has 21 heavy (non-hydrogen) atoms. The first-order valence-electron chi connectivity index (χ1n) is 6.54. The zero-order chi connectivity index (χ0) is 15.3. The van der Waals surface area contributed by atoms with Crippen LogP contribution in [-0.2, 0) is 10.1 Å². The van der Waals surface area contributed by atoms with Gasteiger partial charge in [0, 0.05) is 17.9 Å². The van der Waals surface area contributed by atoms with E-state index in [-0.39, 0.29) is 12.2 Å². The summed E-state index contributed by atoms with van der Waals surface area (Å²) in [7, 11) is -4.15. The highest BCUT2D eigenvalue weighted by Gasteiger charge is 2.22. The van der Waals surface area contributed by atoms with Crippen LogP contribution in [0.3, 0.4) is 0 Å². The van der Waals surface area contributed by atoms with E-state index < -0.39 is 21.8 Å². The summed E-state index contributed by atoms with van der Waals surface area (Å²) in [4.78, 5) is 12.2. The molecule has 0 fully saturated rings. The Labute approximate surface area is 124 Å². The highest BCUT2D eigenvalue weighted by atomic mass is 32.2. The molecule has 0 radical (unpaired) electrons. The maximum atomic E-state index is 12.2. The Balaban J connectivity index is 2.23. The summed E-state index contributed by atoms with van der Waals surface area (Å²) in [6.07, 6.45) is 0.0355. The van der Waals surface area contributed by atoms with Crippen LogP contribution in [0, 0.1) is 0 Å². The first kappa shape index (κ1) is 15.4. The van der Waals surface area contributed by atoms with Crippen molar-refractivity contribution in [2.24, 2.45) is 0 Å². The highest BCUT2D eigenvalue weighted by molar-refractivity contribution is 7.85. The molecule has 5 heteroatoms. The predicted molar refractivity (Wildman–Crippen MR) is 81.0 cm³/mol. The van der Waals surface area contributed by atoms with Crippen molar-refractivity contribution in [1.29, 1.82) is 0 Å². The van der Waals surface area contributed by atoms with Gasteiger partial charge in [0.25, 0.3) is 10.1 Å². The molecular formula is C16H16O4S. The molecule has 0 saturated heterocycles. The Kier molecular flexibility index (Phi) is 4.88. The van der Waals surface area contributed by atoms with Crippen molar-refractivity contribution in [3.05, 3.63) is 71.8 Å². The van der Waals surface area contributed by atoms with E-state index in [1.807, 2.05) is 12.1 Å². The molecule has 0 aliphatic heterocycles. The van der Waals surface area contributed by atoms with Gasteiger partial charge in [-0.1, -0.05) is 60.7 Å². The molecule has 1 unspecified atom stereocenters. The summed E-state index contributed by atoms with van der Waals surface area (Å²) in [5.41, 5.74) is 1.26. The molecule has 1 atom stereocenters. The molecule has 0 heterocycles. The second-order valence-electron chi connectivity index (χ2n) is 4.85. The number of rotatable bonds is 6. The first-order chi connectivity index (χ1) is 9.96. The van der Waals surface area contributed by atoms with E-state index in [9.17, 15) is 13.2 Å². The fourth-order valence-electron chi connectivity index (χ4n) is 2.22. The van der Waals surface area contributed by atoms with Crippen LogP contribution < -0.4 is 0 Å². The Bertz CT molecular complexity index is 694. The van der Waals surface area contributed by atoms with Crippen molar-refractivity contribution in [1.82, 2.24) is 0 Å². The second kappa shape index (κ2) is 6.65. The quantitative estimate of drug-likeness (QED) is 0.658. The van der Waals surface area contributed by atoms with E-state index in [1.54, 1.807) is 48.5 Å². The Hall–Kier alpha value is -1.98. The van der Waals surface area contributed by atoms with Crippen molar-refractivity contribution in [2.75, 3.05) is 5.75 Å². The summed E-state index contributed by atoms with van der Waals surface area (Å²) >= 11 is 0. The second-order valence-corrected chi connectivity index (χ2v) is 6.35. The third-order valence-corrected chi connectivity index (χ3v) is 4.03. The maximum absolute atomic E-state index is 12.2. The number of carbonyl (C=O) groups is 1. The van der Waals surface area contributed by atoms with E-state index in [1.165, 1.54) is 0 Å². The summed E-state index contributed by atoms with van der Waals surface area (Å²) in [6.45, 7) is 0. The molecule has 0 amide bonds. The van der Waals surface area contributed by atoms with Gasteiger partial charge >= 0.3 is 0 Å². The smallest absolute Gasteiger partial charge is 0.265 e. The van der Waals surface area contributed by atoms with Crippen molar-refractivity contribution in [3.63, 3.8) is 0 Å². The molecule has 2 rings (SSSR count). The molecule has 0 spiro atoms. The lowest BCUT2D eigenvalue weighted by molar-refractivity contribution is 0.0976. The largest absolute Gasteiger partial charge is 0.294 e. The third-order valence-electron chi connectivity index (χ3n) is 3.21. The van der Waals surface area contributed by atoms with Gasteiger partial charge in [0.05, 0.1) is 5.75 Å². The lowest BCUT2D eigenvalue weighted by Crippen LogP contribution is -2.17. The molecule has 110 valence electrons. The van der Waals surface area contributed by atoms with E-state index in [0.717, 1.165) is 5.56 Å². The Morgan fingerprint density at radius 2 is 1.48 bits per heavy atom. The zero-order valence-corrected chi connectivity index (χ0v) is 12.2. The van der Waals surface area contributed by atoms with Gasteiger partial charge in [-0.15, -0.1) is 0 Å². The normalized spacial score (nSPS) is 12.8. The third kappa shape index (κ3) is 4.81. The molecular weight excluding hydrogens is 288 g/mol. The Morgan fingerprint density at radius 3 is 2.00 bits per heavy atom. The van der Waals surface area contributed by atoms with Crippen molar-refractivity contribution in [2.45, 2.75) is 12.3 Å². The van der Waals surface area contributed by atoms with Gasteiger partial charge in [-0.3, -0.25) is 9.35 Å². The van der Waals surface area contributed by atoms with Crippen LogP contribution in [0.25, 0.3) is 0 Å². The molecule has 0 aliphatic rings. The molecule has 2 aromatic carbocycles. The lowest BCUT2D eigenvalue weighted by Gasteiger charge is -2.15. The molecule has 0 aliphatic carbocycles. The van der Waals surface area contributed by atoms with Gasteiger partial charge < -0.3 is 0 Å². The number of Topliss-reactive ketones (excluding diaryl/α,β-unsaturated/α-hetero) is 1. The van der Waals surface area contributed by atoms with Gasteiger partial charge in [-0.25, -0.2) is 0 Å². The van der Waals surface area contributed by atoms with Crippen LogP contribution in [0.5, 0.6) is 0 Å². The predicted octanol–water partition coefficient (Wildman–Crippen LogP) is 2.93. The average molecular weight is 304 g/mol. The van der Waals surface area contributed by atoms with Gasteiger partial charge in [0.1, 0.15) is 0 Å². The minimum atomic E-state index is -4.15. The molecule has 0 saturated carbocycles. The summed E-state index contributed by atoms with van der Waals surface area (Å²) < 4.78 is 31.4. The Morgan fingerprint density at radius 1 is 0.952 bits per heavy atom. The summed E-state index contributed by atoms with van der Waals surface area (Å²) in [6, 6.07) is 17.6. The minimum Gasteiger partial charge on any atom is -0.294 e. The van der Waals surface area contributed by atoms with Crippen LogP contribution in [0.2, 0.25) is 0 Å². The molecule has 2 aromatic rings. The van der Waals surface area contributed by atoms with Crippen LogP contribution in [0.4, 0.5) is 0 Å². The number of benzene rings is 2. The molecule has 1 N–H and O–H groups in total. The molecule has 0 aromatic heterocycles. The number of ketones is 1. The first-order valence-corrected chi connectivity index (χ1v) is 8.15. The van der Waals surface area contributed by atoms with E-state index >= 15 is 0 Å². The zero-order valence-electron chi connectivity index (χ0n) is 11.3. The van der Waals surface area contributed by atoms with Gasteiger partial charge in [0.2, 0.25) is 0 Å². The number of carbonyl (C=O) groups excluding carboxylic acids is 1. The van der Waals surface area contributed by atoms with E-state index in [4.69, 9.17) is 4.55 Å².